The fourth-order valence-electron chi connectivity index (χ4n) is 3.03. The summed E-state index contributed by atoms with van der Waals surface area (Å²) < 4.78 is 6.09. The fourth-order valence-corrected chi connectivity index (χ4v) is 3.03. The van der Waals surface area contributed by atoms with E-state index in [9.17, 15) is 4.79 Å². The number of ether oxygens (including phenoxy) is 1. The molecular formula is C16H22N2O2. The molecule has 3 unspecified atom stereocenters. The summed E-state index contributed by atoms with van der Waals surface area (Å²) in [5.74, 6) is -0.00674. The van der Waals surface area contributed by atoms with Gasteiger partial charge in [-0.1, -0.05) is 18.2 Å². The summed E-state index contributed by atoms with van der Waals surface area (Å²) in [5.41, 5.74) is 2.13. The van der Waals surface area contributed by atoms with E-state index < -0.39 is 0 Å². The molecule has 2 N–H and O–H groups in total. The highest BCUT2D eigenvalue weighted by molar-refractivity contribution is 5.95. The molecule has 3 rings (SSSR count). The van der Waals surface area contributed by atoms with Gasteiger partial charge in [0.2, 0.25) is 0 Å². The zero-order valence-electron chi connectivity index (χ0n) is 11.9. The molecule has 0 saturated carbocycles. The van der Waals surface area contributed by atoms with Crippen molar-refractivity contribution in [3.63, 3.8) is 0 Å². The van der Waals surface area contributed by atoms with Gasteiger partial charge in [0, 0.05) is 11.7 Å². The topological polar surface area (TPSA) is 50.4 Å². The van der Waals surface area contributed by atoms with Crippen LogP contribution in [0, 0.1) is 0 Å². The summed E-state index contributed by atoms with van der Waals surface area (Å²) in [6, 6.07) is 8.32. The third-order valence-corrected chi connectivity index (χ3v) is 4.27. The van der Waals surface area contributed by atoms with Crippen LogP contribution < -0.4 is 10.6 Å². The Morgan fingerprint density at radius 3 is 2.95 bits per heavy atom. The van der Waals surface area contributed by atoms with Gasteiger partial charge in [-0.05, 0) is 50.8 Å². The van der Waals surface area contributed by atoms with Gasteiger partial charge in [-0.25, -0.2) is 0 Å². The van der Waals surface area contributed by atoms with Crippen molar-refractivity contribution >= 4 is 11.6 Å². The van der Waals surface area contributed by atoms with Crippen molar-refractivity contribution in [3.05, 3.63) is 29.8 Å². The number of para-hydroxylation sites is 1. The van der Waals surface area contributed by atoms with Gasteiger partial charge in [-0.3, -0.25) is 4.79 Å². The largest absolute Gasteiger partial charge is 0.364 e. The van der Waals surface area contributed by atoms with Gasteiger partial charge in [0.1, 0.15) is 6.10 Å². The Morgan fingerprint density at radius 2 is 2.10 bits per heavy atom. The standard InChI is InChI=1S/C16H22N2O2/c1-11-14(7-4-10-17-11)20-15-9-8-12-5-2-3-6-13(12)18-16(15)19/h2-3,5-6,11,14-15,17H,4,7-10H2,1H3,(H,18,19). The zero-order valence-corrected chi connectivity index (χ0v) is 11.9. The maximum absolute atomic E-state index is 12.3. The van der Waals surface area contributed by atoms with Crippen LogP contribution >= 0.6 is 0 Å². The van der Waals surface area contributed by atoms with E-state index in [1.807, 2.05) is 18.2 Å². The first-order valence-corrected chi connectivity index (χ1v) is 7.51. The van der Waals surface area contributed by atoms with Crippen molar-refractivity contribution in [2.24, 2.45) is 0 Å². The number of carbonyl (C=O) groups is 1. The third kappa shape index (κ3) is 2.86. The SMILES string of the molecule is CC1NCCCC1OC1CCc2ccccc2NC1=O. The number of fused-ring (bicyclic) bond motifs is 1. The summed E-state index contributed by atoms with van der Waals surface area (Å²) in [6.45, 7) is 3.18. The van der Waals surface area contributed by atoms with Gasteiger partial charge in [0.25, 0.3) is 5.91 Å². The molecule has 0 bridgehead atoms. The minimum absolute atomic E-state index is 0.00674. The number of hydrogen-bond donors (Lipinski definition) is 2. The van der Waals surface area contributed by atoms with Gasteiger partial charge in [0.15, 0.2) is 0 Å². The molecule has 3 atom stereocenters. The molecule has 1 saturated heterocycles. The van der Waals surface area contributed by atoms with E-state index in [0.29, 0.717) is 6.04 Å². The molecule has 0 radical (unpaired) electrons. The molecule has 2 heterocycles. The number of rotatable bonds is 2. The quantitative estimate of drug-likeness (QED) is 0.868. The monoisotopic (exact) mass is 274 g/mol. The number of anilines is 1. The Hall–Kier alpha value is -1.39. The molecule has 1 amide bonds. The van der Waals surface area contributed by atoms with Crippen LogP contribution in [-0.4, -0.2) is 30.7 Å². The van der Waals surface area contributed by atoms with Gasteiger partial charge >= 0.3 is 0 Å². The Kier molecular flexibility index (Phi) is 4.03. The molecule has 0 spiro atoms. The van der Waals surface area contributed by atoms with Crippen LogP contribution in [0.5, 0.6) is 0 Å². The fraction of sp³-hybridized carbons (Fsp3) is 0.562. The second-order valence-electron chi connectivity index (χ2n) is 5.73. The number of amides is 1. The van der Waals surface area contributed by atoms with Gasteiger partial charge in [-0.2, -0.15) is 0 Å². The van der Waals surface area contributed by atoms with Crippen molar-refractivity contribution in [3.8, 4) is 0 Å². The van der Waals surface area contributed by atoms with Crippen molar-refractivity contribution in [1.82, 2.24) is 5.32 Å². The lowest BCUT2D eigenvalue weighted by molar-refractivity contribution is -0.134. The molecular weight excluding hydrogens is 252 g/mol. The van der Waals surface area contributed by atoms with Crippen LogP contribution in [0.1, 0.15) is 31.7 Å². The maximum Gasteiger partial charge on any atom is 0.253 e. The minimum atomic E-state index is -0.338. The van der Waals surface area contributed by atoms with Crippen LogP contribution in [0.2, 0.25) is 0 Å². The molecule has 2 aliphatic heterocycles. The van der Waals surface area contributed by atoms with E-state index in [1.54, 1.807) is 0 Å². The number of nitrogens with one attached hydrogen (secondary N) is 2. The Labute approximate surface area is 119 Å². The van der Waals surface area contributed by atoms with Gasteiger partial charge in [-0.15, -0.1) is 0 Å². The number of piperidine rings is 1. The van der Waals surface area contributed by atoms with Crippen LogP contribution in [-0.2, 0) is 16.0 Å². The first-order chi connectivity index (χ1) is 9.74. The summed E-state index contributed by atoms with van der Waals surface area (Å²) in [6.07, 6.45) is 3.59. The number of aryl methyl sites for hydroxylation is 1. The molecule has 4 heteroatoms. The summed E-state index contributed by atoms with van der Waals surface area (Å²) in [4.78, 5) is 12.3. The highest BCUT2D eigenvalue weighted by atomic mass is 16.5. The van der Waals surface area contributed by atoms with Crippen molar-refractivity contribution in [2.45, 2.75) is 50.9 Å². The zero-order chi connectivity index (χ0) is 13.9. The van der Waals surface area contributed by atoms with Crippen molar-refractivity contribution in [2.75, 3.05) is 11.9 Å². The highest BCUT2D eigenvalue weighted by Gasteiger charge is 2.30. The van der Waals surface area contributed by atoms with E-state index in [0.717, 1.165) is 37.9 Å². The summed E-state index contributed by atoms with van der Waals surface area (Å²) in [5, 5.41) is 6.41. The van der Waals surface area contributed by atoms with Gasteiger partial charge in [0.05, 0.1) is 6.10 Å². The summed E-state index contributed by atoms with van der Waals surface area (Å²) >= 11 is 0. The van der Waals surface area contributed by atoms with E-state index in [-0.39, 0.29) is 18.1 Å². The predicted octanol–water partition coefficient (Wildman–Crippen LogP) is 2.10. The van der Waals surface area contributed by atoms with E-state index >= 15 is 0 Å². The highest BCUT2D eigenvalue weighted by Crippen LogP contribution is 2.24. The van der Waals surface area contributed by atoms with Gasteiger partial charge < -0.3 is 15.4 Å². The van der Waals surface area contributed by atoms with Crippen molar-refractivity contribution < 1.29 is 9.53 Å². The lowest BCUT2D eigenvalue weighted by Gasteiger charge is -2.32. The first-order valence-electron chi connectivity index (χ1n) is 7.51. The lowest BCUT2D eigenvalue weighted by Crippen LogP contribution is -2.47. The second-order valence-corrected chi connectivity index (χ2v) is 5.73. The second kappa shape index (κ2) is 5.94. The Bertz CT molecular complexity index is 489. The molecule has 1 aromatic rings. The molecule has 0 aromatic heterocycles. The first kappa shape index (κ1) is 13.6. The average Bonchev–Trinajstić information content (AvgIpc) is 2.61. The normalized spacial score (nSPS) is 30.2. The predicted molar refractivity (Wildman–Crippen MR) is 78.8 cm³/mol. The Balaban J connectivity index is 1.68. The average molecular weight is 274 g/mol. The van der Waals surface area contributed by atoms with Crippen LogP contribution in [0.15, 0.2) is 24.3 Å². The van der Waals surface area contributed by atoms with Crippen molar-refractivity contribution in [1.29, 1.82) is 0 Å². The van der Waals surface area contributed by atoms with E-state index in [2.05, 4.69) is 23.6 Å². The number of benzene rings is 1. The van der Waals surface area contributed by atoms with Crippen LogP contribution in [0.25, 0.3) is 0 Å². The third-order valence-electron chi connectivity index (χ3n) is 4.27. The molecule has 1 fully saturated rings. The number of carbonyl (C=O) groups excluding carboxylic acids is 1. The van der Waals surface area contributed by atoms with E-state index in [1.165, 1.54) is 5.56 Å². The smallest absolute Gasteiger partial charge is 0.253 e. The molecule has 108 valence electrons. The Morgan fingerprint density at radius 1 is 1.25 bits per heavy atom. The van der Waals surface area contributed by atoms with Crippen LogP contribution in [0.3, 0.4) is 0 Å². The molecule has 1 aromatic carbocycles. The number of hydrogen-bond acceptors (Lipinski definition) is 3. The van der Waals surface area contributed by atoms with Crippen LogP contribution in [0.4, 0.5) is 5.69 Å². The maximum atomic E-state index is 12.3. The molecule has 0 aliphatic carbocycles. The lowest BCUT2D eigenvalue weighted by atomic mass is 10.0. The molecule has 2 aliphatic rings. The summed E-state index contributed by atoms with van der Waals surface area (Å²) in [7, 11) is 0. The minimum Gasteiger partial charge on any atom is -0.364 e. The molecule has 4 nitrogen and oxygen atoms in total. The van der Waals surface area contributed by atoms with E-state index in [4.69, 9.17) is 4.74 Å². The molecule has 20 heavy (non-hydrogen) atoms.